The molecule has 0 spiro atoms. The van der Waals surface area contributed by atoms with Gasteiger partial charge in [0, 0.05) is 41.3 Å². The number of fused-ring (bicyclic) bond motifs is 2. The van der Waals surface area contributed by atoms with Gasteiger partial charge in [-0.2, -0.15) is 0 Å². The lowest BCUT2D eigenvalue weighted by Gasteiger charge is -2.19. The van der Waals surface area contributed by atoms with Gasteiger partial charge < -0.3 is 24.3 Å². The van der Waals surface area contributed by atoms with Crippen molar-refractivity contribution in [3.05, 3.63) is 102 Å². The van der Waals surface area contributed by atoms with Crippen LogP contribution in [-0.2, 0) is 14.3 Å². The Labute approximate surface area is 240 Å². The van der Waals surface area contributed by atoms with Gasteiger partial charge >= 0.3 is 0 Å². The van der Waals surface area contributed by atoms with Crippen LogP contribution in [0.25, 0.3) is 10.9 Å². The number of halogens is 1. The molecule has 1 saturated heterocycles. The molecule has 0 bridgehead atoms. The summed E-state index contributed by atoms with van der Waals surface area (Å²) in [6.07, 6.45) is 4.94. The van der Waals surface area contributed by atoms with Crippen LogP contribution in [0, 0.1) is 5.82 Å². The third-order valence-electron chi connectivity index (χ3n) is 7.01. The summed E-state index contributed by atoms with van der Waals surface area (Å²) in [4.78, 5) is 32.6. The van der Waals surface area contributed by atoms with Gasteiger partial charge in [0.25, 0.3) is 11.8 Å². The molecular weight excluding hydrogens is 541 g/mol. The first-order chi connectivity index (χ1) is 20.4. The lowest BCUT2D eigenvalue weighted by molar-refractivity contribution is -0.119. The highest BCUT2D eigenvalue weighted by molar-refractivity contribution is 6.27. The number of rotatable bonds is 7. The van der Waals surface area contributed by atoms with Crippen LogP contribution >= 0.6 is 0 Å². The van der Waals surface area contributed by atoms with Crippen LogP contribution in [0.15, 0.2) is 96.3 Å². The Kier molecular flexibility index (Phi) is 7.28. The number of anilines is 2. The molecule has 42 heavy (non-hydrogen) atoms. The Morgan fingerprint density at radius 1 is 1.00 bits per heavy atom. The molecule has 3 aromatic carbocycles. The largest absolute Gasteiger partial charge is 0.493 e. The number of amides is 2. The van der Waals surface area contributed by atoms with E-state index >= 15 is 4.39 Å². The normalized spacial score (nSPS) is 16.3. The summed E-state index contributed by atoms with van der Waals surface area (Å²) >= 11 is 0. The zero-order valence-electron chi connectivity index (χ0n) is 22.8. The number of carbonyl (C=O) groups is 2. The number of benzene rings is 3. The minimum Gasteiger partial charge on any atom is -0.493 e. The van der Waals surface area contributed by atoms with Gasteiger partial charge in [-0.05, 0) is 54.5 Å². The van der Waals surface area contributed by atoms with Crippen LogP contribution < -0.4 is 24.4 Å². The number of carbonyl (C=O) groups excluding carboxylic acids is 2. The molecule has 4 aromatic rings. The second kappa shape index (κ2) is 11.3. The first-order valence-electron chi connectivity index (χ1n) is 13.2. The first kappa shape index (κ1) is 27.0. The smallest absolute Gasteiger partial charge is 0.267 e. The third kappa shape index (κ3) is 5.15. The van der Waals surface area contributed by atoms with Gasteiger partial charge in [0.2, 0.25) is 0 Å². The maximum absolute atomic E-state index is 15.2. The van der Waals surface area contributed by atoms with Crippen molar-refractivity contribution >= 4 is 34.1 Å². The molecule has 0 saturated carbocycles. The van der Waals surface area contributed by atoms with Crippen molar-refractivity contribution in [2.45, 2.75) is 12.5 Å². The molecule has 3 heterocycles. The van der Waals surface area contributed by atoms with E-state index in [0.717, 1.165) is 11.6 Å². The summed E-state index contributed by atoms with van der Waals surface area (Å²) in [6.45, 7) is 0.485. The van der Waals surface area contributed by atoms with E-state index in [-0.39, 0.29) is 17.0 Å². The summed E-state index contributed by atoms with van der Waals surface area (Å²) in [7, 11) is 3.04. The van der Waals surface area contributed by atoms with Crippen molar-refractivity contribution in [3.8, 4) is 23.0 Å². The van der Waals surface area contributed by atoms with Gasteiger partial charge in [-0.3, -0.25) is 19.5 Å². The van der Waals surface area contributed by atoms with E-state index in [1.165, 1.54) is 37.3 Å². The number of aromatic nitrogens is 1. The molecule has 0 radical (unpaired) electrons. The average molecular weight is 568 g/mol. The second-order valence-corrected chi connectivity index (χ2v) is 9.57. The molecule has 0 aliphatic carbocycles. The van der Waals surface area contributed by atoms with Crippen LogP contribution in [-0.4, -0.2) is 43.7 Å². The number of pyridine rings is 1. The number of nitrogens with zero attached hydrogens (tertiary/aromatic N) is 2. The topological polar surface area (TPSA) is 99.2 Å². The van der Waals surface area contributed by atoms with E-state index < -0.39 is 23.7 Å². The predicted molar refractivity (Wildman–Crippen MR) is 154 cm³/mol. The second-order valence-electron chi connectivity index (χ2n) is 9.57. The quantitative estimate of drug-likeness (QED) is 0.283. The molecule has 9 nitrogen and oxygen atoms in total. The molecule has 1 unspecified atom stereocenters. The van der Waals surface area contributed by atoms with Crippen molar-refractivity contribution in [3.63, 3.8) is 0 Å². The molecular formula is C32H26FN3O6. The molecule has 2 amide bonds. The van der Waals surface area contributed by atoms with Crippen LogP contribution in [0.5, 0.6) is 23.0 Å². The summed E-state index contributed by atoms with van der Waals surface area (Å²) < 4.78 is 37.6. The fourth-order valence-electron chi connectivity index (χ4n) is 4.89. The zero-order chi connectivity index (χ0) is 29.2. The Morgan fingerprint density at radius 3 is 2.55 bits per heavy atom. The van der Waals surface area contributed by atoms with E-state index in [1.54, 1.807) is 42.7 Å². The average Bonchev–Trinajstić information content (AvgIpc) is 3.40. The van der Waals surface area contributed by atoms with Crippen LogP contribution in [0.1, 0.15) is 6.42 Å². The number of para-hydroxylation sites is 1. The lowest BCUT2D eigenvalue weighted by Crippen LogP contribution is -2.32. The highest BCUT2D eigenvalue weighted by atomic mass is 19.1. The number of methoxy groups -OCH3 is 2. The Bertz CT molecular complexity index is 1750. The van der Waals surface area contributed by atoms with E-state index in [1.807, 2.05) is 18.2 Å². The number of ether oxygens (including phenoxy) is 4. The maximum atomic E-state index is 15.2. The highest BCUT2D eigenvalue weighted by Crippen LogP contribution is 2.38. The molecule has 2 aliphatic rings. The molecule has 1 aromatic heterocycles. The number of hydrogen-bond acceptors (Lipinski definition) is 7. The molecule has 1 fully saturated rings. The number of hydrogen-bond donors (Lipinski definition) is 1. The Hall–Kier alpha value is -5.22. The van der Waals surface area contributed by atoms with Gasteiger partial charge in [0.15, 0.2) is 23.1 Å². The highest BCUT2D eigenvalue weighted by Gasteiger charge is 2.33. The van der Waals surface area contributed by atoms with E-state index in [2.05, 4.69) is 10.3 Å². The minimum atomic E-state index is -0.714. The molecule has 2 aliphatic heterocycles. The fourth-order valence-corrected chi connectivity index (χ4v) is 4.89. The zero-order valence-corrected chi connectivity index (χ0v) is 22.8. The van der Waals surface area contributed by atoms with Gasteiger partial charge in [-0.1, -0.05) is 18.2 Å². The van der Waals surface area contributed by atoms with Gasteiger partial charge in [-0.25, -0.2) is 4.39 Å². The molecule has 1 N–H and O–H groups in total. The van der Waals surface area contributed by atoms with E-state index in [4.69, 9.17) is 18.9 Å². The van der Waals surface area contributed by atoms with Crippen molar-refractivity contribution in [1.29, 1.82) is 0 Å². The van der Waals surface area contributed by atoms with E-state index in [0.29, 0.717) is 46.9 Å². The minimum absolute atomic E-state index is 0.0662. The molecule has 10 heteroatoms. The standard InChI is InChI=1S/C32H26FN3O6/c1-39-29-15-22-25(17-30(29)40-2)34-12-10-26(22)42-27-9-8-20(14-24(27)33)35-31(37)23-16-28-19(11-13-41-28)18-36(32(23)38)21-6-4-3-5-7-21/h3-10,12,14-18,28H,11,13H2,1-2H3,(H,35,37). The van der Waals surface area contributed by atoms with Crippen LogP contribution in [0.3, 0.4) is 0 Å². The molecule has 1 atom stereocenters. The SMILES string of the molecule is COc1cc2nccc(Oc3ccc(NC(=O)C4=CC5OCCC5=CN(c5ccccc5)C4=O)cc3F)c2cc1OC. The van der Waals surface area contributed by atoms with Crippen LogP contribution in [0.4, 0.5) is 15.8 Å². The van der Waals surface area contributed by atoms with Crippen molar-refractivity contribution in [1.82, 2.24) is 4.98 Å². The predicted octanol–water partition coefficient (Wildman–Crippen LogP) is 5.77. The van der Waals surface area contributed by atoms with Crippen molar-refractivity contribution < 1.29 is 32.9 Å². The van der Waals surface area contributed by atoms with E-state index in [9.17, 15) is 9.59 Å². The lowest BCUT2D eigenvalue weighted by atomic mass is 10.1. The Morgan fingerprint density at radius 2 is 1.79 bits per heavy atom. The Balaban J connectivity index is 1.24. The monoisotopic (exact) mass is 567 g/mol. The molecule has 212 valence electrons. The van der Waals surface area contributed by atoms with Crippen molar-refractivity contribution in [2.75, 3.05) is 31.0 Å². The summed E-state index contributed by atoms with van der Waals surface area (Å²) in [5.41, 5.74) is 2.13. The van der Waals surface area contributed by atoms with Crippen LogP contribution in [0.2, 0.25) is 0 Å². The van der Waals surface area contributed by atoms with Gasteiger partial charge in [-0.15, -0.1) is 0 Å². The number of nitrogens with one attached hydrogen (secondary N) is 1. The molecule has 6 rings (SSSR count). The van der Waals surface area contributed by atoms with Crippen molar-refractivity contribution in [2.24, 2.45) is 0 Å². The fraction of sp³-hybridized carbons (Fsp3) is 0.156. The summed E-state index contributed by atoms with van der Waals surface area (Å²) in [5.74, 6) is -0.647. The maximum Gasteiger partial charge on any atom is 0.267 e. The first-order valence-corrected chi connectivity index (χ1v) is 13.2. The summed E-state index contributed by atoms with van der Waals surface area (Å²) in [6, 6.07) is 18.1. The summed E-state index contributed by atoms with van der Waals surface area (Å²) in [5, 5.41) is 3.23. The third-order valence-corrected chi connectivity index (χ3v) is 7.01. The van der Waals surface area contributed by atoms with Gasteiger partial charge in [0.05, 0.1) is 32.4 Å². The van der Waals surface area contributed by atoms with Gasteiger partial charge in [0.1, 0.15) is 11.3 Å².